The van der Waals surface area contributed by atoms with Crippen molar-refractivity contribution in [3.8, 4) is 0 Å². The molecular formula is C11H14FN5O5. The molecule has 0 bridgehead atoms. The molecule has 11 heteroatoms. The molecule has 10 nitrogen and oxygen atoms in total. The quantitative estimate of drug-likeness (QED) is 0.417. The van der Waals surface area contributed by atoms with Crippen molar-refractivity contribution in [1.29, 1.82) is 0 Å². The Morgan fingerprint density at radius 3 is 2.82 bits per heavy atom. The maximum atomic E-state index is 14.8. The Bertz CT molecular complexity index is 800. The number of nitrogens with two attached hydrogens (primary N) is 1. The highest BCUT2D eigenvalue weighted by Crippen LogP contribution is 2.47. The zero-order valence-electron chi connectivity index (χ0n) is 11.4. The molecule has 0 spiro atoms. The van der Waals surface area contributed by atoms with Gasteiger partial charge in [0.1, 0.15) is 5.60 Å². The van der Waals surface area contributed by atoms with E-state index in [-0.39, 0.29) is 17.1 Å². The van der Waals surface area contributed by atoms with Gasteiger partial charge in [-0.3, -0.25) is 14.3 Å². The highest BCUT2D eigenvalue weighted by atomic mass is 19.2. The molecule has 2 aromatic heterocycles. The summed E-state index contributed by atoms with van der Waals surface area (Å²) in [6, 6.07) is 0. The summed E-state index contributed by atoms with van der Waals surface area (Å²) in [5.74, 6) is -3.64. The van der Waals surface area contributed by atoms with Gasteiger partial charge in [0.2, 0.25) is 11.7 Å². The van der Waals surface area contributed by atoms with E-state index in [1.54, 1.807) is 0 Å². The Labute approximate surface area is 122 Å². The molecule has 120 valence electrons. The minimum Gasteiger partial charge on any atom is -0.391 e. The third-order valence-corrected chi connectivity index (χ3v) is 3.85. The lowest BCUT2D eigenvalue weighted by molar-refractivity contribution is -0.286. The van der Waals surface area contributed by atoms with Crippen LogP contribution in [0.15, 0.2) is 11.1 Å². The number of H-pyrrole nitrogens is 1. The number of ether oxygens (including phenoxy) is 1. The minimum absolute atomic E-state index is 0.187. The molecule has 3 atom stereocenters. The molecule has 1 aliphatic heterocycles. The van der Waals surface area contributed by atoms with Crippen LogP contribution in [0.25, 0.3) is 11.2 Å². The Kier molecular flexibility index (Phi) is 2.85. The van der Waals surface area contributed by atoms with Crippen LogP contribution in [0.3, 0.4) is 0 Å². The van der Waals surface area contributed by atoms with Crippen molar-refractivity contribution >= 4 is 17.1 Å². The maximum absolute atomic E-state index is 14.8. The van der Waals surface area contributed by atoms with Crippen LogP contribution >= 0.6 is 0 Å². The van der Waals surface area contributed by atoms with Crippen molar-refractivity contribution in [2.75, 3.05) is 18.9 Å². The molecule has 3 rings (SSSR count). The number of nitrogens with one attached hydrogen (secondary N) is 1. The van der Waals surface area contributed by atoms with E-state index in [0.29, 0.717) is 0 Å². The number of aliphatic hydroxyl groups excluding tert-OH is 1. The van der Waals surface area contributed by atoms with E-state index in [0.717, 1.165) is 17.8 Å². The first-order valence-electron chi connectivity index (χ1n) is 6.28. The Hall–Kier alpha value is -2.08. The predicted octanol–water partition coefficient (Wildman–Crippen LogP) is -2.21. The fraction of sp³-hybridized carbons (Fsp3) is 0.545. The summed E-state index contributed by atoms with van der Waals surface area (Å²) in [5.41, 5.74) is -0.341. The van der Waals surface area contributed by atoms with Crippen LogP contribution in [-0.4, -0.2) is 59.5 Å². The number of aromatic amines is 1. The smallest absolute Gasteiger partial charge is 0.288 e. The number of fused-ring (bicyclic) bond motifs is 1. The van der Waals surface area contributed by atoms with Crippen LogP contribution in [-0.2, 0) is 10.5 Å². The van der Waals surface area contributed by atoms with Crippen molar-refractivity contribution < 1.29 is 24.4 Å². The van der Waals surface area contributed by atoms with Gasteiger partial charge < -0.3 is 25.8 Å². The van der Waals surface area contributed by atoms with Crippen LogP contribution in [0, 0.1) is 0 Å². The van der Waals surface area contributed by atoms with E-state index in [9.17, 15) is 24.5 Å². The van der Waals surface area contributed by atoms with Crippen LogP contribution < -0.4 is 11.3 Å². The van der Waals surface area contributed by atoms with Gasteiger partial charge in [0.05, 0.1) is 19.5 Å². The summed E-state index contributed by atoms with van der Waals surface area (Å²) >= 11 is 0. The second kappa shape index (κ2) is 4.23. The average Bonchev–Trinajstić information content (AvgIpc) is 2.90. The third kappa shape index (κ3) is 1.58. The number of alkyl halides is 1. The molecule has 0 aromatic carbocycles. The Morgan fingerprint density at radius 1 is 1.59 bits per heavy atom. The van der Waals surface area contributed by atoms with E-state index in [1.165, 1.54) is 0 Å². The standard InChI is InChI=1S/C11H14FN5O5/c1-9(20)3-22-10(2-18,11(9,12)21)17-4-14-5-6(17)15-8(13)16-7(5)19/h4,18,20-21H,2-3H2,1H3,(H3,13,15,16,19)/t9-,10-,11-/m0/s1. The number of anilines is 1. The highest BCUT2D eigenvalue weighted by Gasteiger charge is 2.70. The number of hydrogen-bond acceptors (Lipinski definition) is 8. The topological polar surface area (TPSA) is 160 Å². The summed E-state index contributed by atoms with van der Waals surface area (Å²) in [6.07, 6.45) is 0.967. The number of rotatable bonds is 2. The lowest BCUT2D eigenvalue weighted by atomic mass is 9.92. The highest BCUT2D eigenvalue weighted by molar-refractivity contribution is 5.71. The van der Waals surface area contributed by atoms with Crippen molar-refractivity contribution in [1.82, 2.24) is 19.5 Å². The summed E-state index contributed by atoms with van der Waals surface area (Å²) in [4.78, 5) is 21.5. The number of halogens is 1. The van der Waals surface area contributed by atoms with Gasteiger partial charge in [0.15, 0.2) is 11.2 Å². The normalized spacial score (nSPS) is 35.3. The molecule has 1 fully saturated rings. The van der Waals surface area contributed by atoms with Gasteiger partial charge in [-0.2, -0.15) is 4.98 Å². The zero-order valence-corrected chi connectivity index (χ0v) is 11.4. The van der Waals surface area contributed by atoms with Gasteiger partial charge in [-0.05, 0) is 6.92 Å². The number of aromatic nitrogens is 4. The number of nitrogens with zero attached hydrogens (tertiary/aromatic N) is 3. The first-order chi connectivity index (χ1) is 10.2. The summed E-state index contributed by atoms with van der Waals surface area (Å²) in [6.45, 7) is -0.632. The monoisotopic (exact) mass is 315 g/mol. The first-order valence-corrected chi connectivity index (χ1v) is 6.28. The molecule has 22 heavy (non-hydrogen) atoms. The van der Waals surface area contributed by atoms with Crippen LogP contribution in [0.5, 0.6) is 0 Å². The van der Waals surface area contributed by atoms with E-state index >= 15 is 0 Å². The summed E-state index contributed by atoms with van der Waals surface area (Å²) < 4.78 is 20.8. The first kappa shape index (κ1) is 14.8. The van der Waals surface area contributed by atoms with Gasteiger partial charge in [-0.1, -0.05) is 0 Å². The fourth-order valence-electron chi connectivity index (χ4n) is 2.52. The summed E-state index contributed by atoms with van der Waals surface area (Å²) in [5, 5.41) is 29.7. The van der Waals surface area contributed by atoms with E-state index in [1.807, 2.05) is 0 Å². The molecule has 1 saturated heterocycles. The van der Waals surface area contributed by atoms with E-state index < -0.39 is 36.0 Å². The SMILES string of the molecule is C[C@]1(O)CO[C@](CO)(n2cnc3c(=O)[nH]c(N)nc32)[C@]1(O)F. The van der Waals surface area contributed by atoms with Gasteiger partial charge >= 0.3 is 0 Å². The van der Waals surface area contributed by atoms with Gasteiger partial charge in [-0.15, -0.1) is 0 Å². The molecule has 0 aliphatic carbocycles. The molecule has 1 aliphatic rings. The Morgan fingerprint density at radius 2 is 2.27 bits per heavy atom. The van der Waals surface area contributed by atoms with Gasteiger partial charge in [0.25, 0.3) is 11.4 Å². The number of nitrogen functional groups attached to an aromatic ring is 1. The Balaban J connectivity index is 2.32. The molecule has 2 aromatic rings. The third-order valence-electron chi connectivity index (χ3n) is 3.85. The van der Waals surface area contributed by atoms with Gasteiger partial charge in [-0.25, -0.2) is 9.37 Å². The lowest BCUT2D eigenvalue weighted by Crippen LogP contribution is -2.60. The molecule has 0 amide bonds. The largest absolute Gasteiger partial charge is 0.391 e. The number of hydrogen-bond donors (Lipinski definition) is 5. The van der Waals surface area contributed by atoms with E-state index in [2.05, 4.69) is 15.0 Å². The maximum Gasteiger partial charge on any atom is 0.288 e. The molecule has 0 saturated carbocycles. The predicted molar refractivity (Wildman–Crippen MR) is 70.3 cm³/mol. The van der Waals surface area contributed by atoms with Gasteiger partial charge in [0, 0.05) is 0 Å². The van der Waals surface area contributed by atoms with Crippen molar-refractivity contribution in [3.05, 3.63) is 16.7 Å². The fourth-order valence-corrected chi connectivity index (χ4v) is 2.52. The molecule has 0 radical (unpaired) electrons. The van der Waals surface area contributed by atoms with Crippen molar-refractivity contribution in [3.63, 3.8) is 0 Å². The second-order valence-corrected chi connectivity index (χ2v) is 5.37. The minimum atomic E-state index is -3.37. The second-order valence-electron chi connectivity index (χ2n) is 5.37. The number of aliphatic hydroxyl groups is 3. The number of imidazole rings is 1. The molecule has 3 heterocycles. The lowest BCUT2D eigenvalue weighted by Gasteiger charge is -2.38. The van der Waals surface area contributed by atoms with E-state index in [4.69, 9.17) is 10.5 Å². The zero-order chi connectivity index (χ0) is 16.3. The van der Waals surface area contributed by atoms with Crippen LogP contribution in [0.4, 0.5) is 10.3 Å². The van der Waals surface area contributed by atoms with Crippen molar-refractivity contribution in [2.24, 2.45) is 0 Å². The molecular weight excluding hydrogens is 301 g/mol. The summed E-state index contributed by atoms with van der Waals surface area (Å²) in [7, 11) is 0. The molecule has 0 unspecified atom stereocenters. The van der Waals surface area contributed by atoms with Crippen LogP contribution in [0.2, 0.25) is 0 Å². The van der Waals surface area contributed by atoms with Crippen molar-refractivity contribution in [2.45, 2.75) is 24.1 Å². The molecule has 6 N–H and O–H groups in total. The average molecular weight is 315 g/mol. The van der Waals surface area contributed by atoms with Crippen LogP contribution in [0.1, 0.15) is 6.92 Å².